The molecule has 1 heterocycles. The molecule has 0 saturated heterocycles. The van der Waals surface area contributed by atoms with Gasteiger partial charge in [-0.2, -0.15) is 0 Å². The summed E-state index contributed by atoms with van der Waals surface area (Å²) in [6.07, 6.45) is 1.07. The largest absolute Gasteiger partial charge is 0.355 e. The second-order valence-electron chi connectivity index (χ2n) is 5.82. The zero-order valence-electron chi connectivity index (χ0n) is 14.9. The first kappa shape index (κ1) is 20.0. The fourth-order valence-electron chi connectivity index (χ4n) is 2.37. The van der Waals surface area contributed by atoms with Crippen molar-refractivity contribution in [3.8, 4) is 0 Å². The predicted octanol–water partition coefficient (Wildman–Crippen LogP) is 3.99. The smallest absolute Gasteiger partial charge is 0.334 e. The maximum atomic E-state index is 13.7. The Balaban J connectivity index is 1.85. The summed E-state index contributed by atoms with van der Waals surface area (Å²) in [4.78, 5) is 30.6. The number of hydrogen-bond donors (Lipinski definition) is 3. The Hall–Kier alpha value is -3.79. The number of halogens is 2. The number of hydrazine groups is 1. The second kappa shape index (κ2) is 8.48. The molecule has 2 aromatic carbocycles. The van der Waals surface area contributed by atoms with E-state index in [2.05, 4.69) is 26.1 Å². The standard InChI is InChI=1S/C18H14ClFN6O3/c1-10-6-7-11(8-13(10)19)23-16-15(26(28)29)17(22-9-21-16)24-25-18(27)12-4-2-3-5-14(12)20/h2-9H,1H3,(H,25,27)(H2,21,22,23,24). The van der Waals surface area contributed by atoms with Crippen LogP contribution >= 0.6 is 11.6 Å². The number of amides is 1. The number of hydrogen-bond acceptors (Lipinski definition) is 7. The Kier molecular flexibility index (Phi) is 5.84. The third-order valence-corrected chi connectivity index (χ3v) is 4.26. The number of carbonyl (C=O) groups excluding carboxylic acids is 1. The van der Waals surface area contributed by atoms with Crippen molar-refractivity contribution in [2.45, 2.75) is 6.92 Å². The number of benzene rings is 2. The molecule has 0 aliphatic carbocycles. The van der Waals surface area contributed by atoms with Crippen molar-refractivity contribution in [3.05, 3.63) is 80.9 Å². The van der Waals surface area contributed by atoms with Crippen LogP contribution in [-0.2, 0) is 0 Å². The molecule has 0 aliphatic rings. The molecule has 0 atom stereocenters. The topological polar surface area (TPSA) is 122 Å². The number of rotatable bonds is 6. The first-order chi connectivity index (χ1) is 13.9. The van der Waals surface area contributed by atoms with E-state index in [0.717, 1.165) is 18.0 Å². The highest BCUT2D eigenvalue weighted by molar-refractivity contribution is 6.31. The summed E-state index contributed by atoms with van der Waals surface area (Å²) in [7, 11) is 0. The summed E-state index contributed by atoms with van der Waals surface area (Å²) >= 11 is 6.07. The van der Waals surface area contributed by atoms with Crippen LogP contribution in [0, 0.1) is 22.9 Å². The third-order valence-electron chi connectivity index (χ3n) is 3.85. The van der Waals surface area contributed by atoms with Gasteiger partial charge in [-0.3, -0.25) is 25.8 Å². The molecule has 0 radical (unpaired) electrons. The van der Waals surface area contributed by atoms with Crippen LogP contribution in [0.3, 0.4) is 0 Å². The molecule has 1 aromatic heterocycles. The van der Waals surface area contributed by atoms with Gasteiger partial charge in [0.25, 0.3) is 5.91 Å². The van der Waals surface area contributed by atoms with Crippen LogP contribution in [0.15, 0.2) is 48.8 Å². The van der Waals surface area contributed by atoms with Crippen molar-refractivity contribution in [1.82, 2.24) is 15.4 Å². The summed E-state index contributed by atoms with van der Waals surface area (Å²) in [6.45, 7) is 1.82. The van der Waals surface area contributed by atoms with Crippen molar-refractivity contribution in [1.29, 1.82) is 0 Å². The van der Waals surface area contributed by atoms with Crippen molar-refractivity contribution in [3.63, 3.8) is 0 Å². The van der Waals surface area contributed by atoms with Crippen LogP contribution in [0.4, 0.5) is 27.4 Å². The van der Waals surface area contributed by atoms with Gasteiger partial charge in [-0.25, -0.2) is 14.4 Å². The van der Waals surface area contributed by atoms with Crippen LogP contribution in [-0.4, -0.2) is 20.8 Å². The monoisotopic (exact) mass is 416 g/mol. The fraction of sp³-hybridized carbons (Fsp3) is 0.0556. The molecule has 0 unspecified atom stereocenters. The van der Waals surface area contributed by atoms with Gasteiger partial charge in [0.05, 0.1) is 10.5 Å². The molecule has 148 valence electrons. The van der Waals surface area contributed by atoms with Crippen LogP contribution in [0.2, 0.25) is 5.02 Å². The van der Waals surface area contributed by atoms with E-state index < -0.39 is 22.3 Å². The number of carbonyl (C=O) groups is 1. The lowest BCUT2D eigenvalue weighted by Crippen LogP contribution is -2.31. The van der Waals surface area contributed by atoms with Crippen molar-refractivity contribution in [2.24, 2.45) is 0 Å². The van der Waals surface area contributed by atoms with Crippen molar-refractivity contribution >= 4 is 40.5 Å². The molecule has 3 aromatic rings. The highest BCUT2D eigenvalue weighted by Gasteiger charge is 2.24. The lowest BCUT2D eigenvalue weighted by molar-refractivity contribution is -0.383. The van der Waals surface area contributed by atoms with Gasteiger partial charge in [0.1, 0.15) is 12.1 Å². The lowest BCUT2D eigenvalue weighted by Gasteiger charge is -2.11. The second-order valence-corrected chi connectivity index (χ2v) is 6.23. The molecule has 1 amide bonds. The molecule has 11 heteroatoms. The lowest BCUT2D eigenvalue weighted by atomic mass is 10.2. The molecule has 0 bridgehead atoms. The summed E-state index contributed by atoms with van der Waals surface area (Å²) in [5, 5.41) is 14.8. The van der Waals surface area contributed by atoms with E-state index in [-0.39, 0.29) is 17.2 Å². The van der Waals surface area contributed by atoms with Crippen LogP contribution in [0.1, 0.15) is 15.9 Å². The average molecular weight is 417 g/mol. The third kappa shape index (κ3) is 4.55. The predicted molar refractivity (Wildman–Crippen MR) is 106 cm³/mol. The minimum Gasteiger partial charge on any atom is -0.334 e. The first-order valence-corrected chi connectivity index (χ1v) is 8.58. The molecule has 3 N–H and O–H groups in total. The maximum absolute atomic E-state index is 13.7. The van der Waals surface area contributed by atoms with E-state index in [9.17, 15) is 19.3 Å². The molecule has 3 rings (SSSR count). The van der Waals surface area contributed by atoms with Crippen molar-refractivity contribution in [2.75, 3.05) is 10.7 Å². The van der Waals surface area contributed by atoms with E-state index in [1.165, 1.54) is 18.2 Å². The van der Waals surface area contributed by atoms with E-state index in [4.69, 9.17) is 11.6 Å². The molecule has 29 heavy (non-hydrogen) atoms. The Morgan fingerprint density at radius 3 is 2.59 bits per heavy atom. The SMILES string of the molecule is Cc1ccc(Nc2ncnc(NNC(=O)c3ccccc3F)c2[N+](=O)[O-])cc1Cl. The number of nitrogens with zero attached hydrogens (tertiary/aromatic N) is 3. The van der Waals surface area contributed by atoms with Gasteiger partial charge in [0.2, 0.25) is 11.6 Å². The zero-order chi connectivity index (χ0) is 21.0. The van der Waals surface area contributed by atoms with E-state index in [1.54, 1.807) is 18.2 Å². The van der Waals surface area contributed by atoms with Gasteiger partial charge in [0, 0.05) is 10.7 Å². The molecule has 0 aliphatic heterocycles. The molecular formula is C18H14ClFN6O3. The molecular weight excluding hydrogens is 403 g/mol. The first-order valence-electron chi connectivity index (χ1n) is 8.20. The number of anilines is 3. The Morgan fingerprint density at radius 1 is 1.17 bits per heavy atom. The minimum atomic E-state index is -0.823. The Morgan fingerprint density at radius 2 is 1.90 bits per heavy atom. The minimum absolute atomic E-state index is 0.118. The van der Waals surface area contributed by atoms with E-state index in [0.29, 0.717) is 10.7 Å². The number of nitrogens with one attached hydrogen (secondary N) is 3. The Labute approximate surface area is 169 Å². The zero-order valence-corrected chi connectivity index (χ0v) is 15.7. The summed E-state index contributed by atoms with van der Waals surface area (Å²) in [6, 6.07) is 10.3. The number of nitro groups is 1. The van der Waals surface area contributed by atoms with E-state index >= 15 is 0 Å². The van der Waals surface area contributed by atoms with Gasteiger partial charge < -0.3 is 5.32 Å². The average Bonchev–Trinajstić information content (AvgIpc) is 2.69. The maximum Gasteiger partial charge on any atom is 0.355 e. The summed E-state index contributed by atoms with van der Waals surface area (Å²) < 4.78 is 13.7. The van der Waals surface area contributed by atoms with Gasteiger partial charge in [-0.05, 0) is 36.8 Å². The van der Waals surface area contributed by atoms with Gasteiger partial charge in [0.15, 0.2) is 0 Å². The van der Waals surface area contributed by atoms with Crippen molar-refractivity contribution < 1.29 is 14.1 Å². The molecule has 0 fully saturated rings. The highest BCUT2D eigenvalue weighted by atomic mass is 35.5. The highest BCUT2D eigenvalue weighted by Crippen LogP contribution is 2.31. The van der Waals surface area contributed by atoms with Gasteiger partial charge in [-0.15, -0.1) is 0 Å². The van der Waals surface area contributed by atoms with Gasteiger partial charge >= 0.3 is 5.69 Å². The Bertz CT molecular complexity index is 1090. The van der Waals surface area contributed by atoms with E-state index in [1.807, 2.05) is 6.92 Å². The fourth-order valence-corrected chi connectivity index (χ4v) is 2.55. The van der Waals surface area contributed by atoms with Crippen LogP contribution < -0.4 is 16.2 Å². The number of aromatic nitrogens is 2. The summed E-state index contributed by atoms with van der Waals surface area (Å²) in [5.41, 5.74) is 5.10. The quantitative estimate of drug-likeness (QED) is 0.410. The number of aryl methyl sites for hydroxylation is 1. The van der Waals surface area contributed by atoms with Crippen LogP contribution in [0.25, 0.3) is 0 Å². The molecule has 0 spiro atoms. The summed E-state index contributed by atoms with van der Waals surface area (Å²) in [5.74, 6) is -1.96. The van der Waals surface area contributed by atoms with Gasteiger partial charge in [-0.1, -0.05) is 29.8 Å². The van der Waals surface area contributed by atoms with Crippen LogP contribution in [0.5, 0.6) is 0 Å². The molecule has 0 saturated carbocycles. The normalized spacial score (nSPS) is 10.3. The molecule has 9 nitrogen and oxygen atoms in total.